The van der Waals surface area contributed by atoms with Gasteiger partial charge in [0.05, 0.1) is 25.4 Å². The average molecular weight is 1010 g/mol. The second-order valence-corrected chi connectivity index (χ2v) is 22.4. The minimum Gasteiger partial charge on any atom is -0.466 e. The predicted octanol–water partition coefficient (Wildman–Crippen LogP) is 20.6. The molecule has 0 aromatic rings. The number of carbonyl (C=O) groups excluding carboxylic acids is 2. The second kappa shape index (κ2) is 61.9. The van der Waals surface area contributed by atoms with Crippen LogP contribution in [-0.4, -0.2) is 47.4 Å². The Morgan fingerprint density at radius 3 is 1.00 bits per heavy atom. The van der Waals surface area contributed by atoms with Gasteiger partial charge in [-0.25, -0.2) is 0 Å². The number of aliphatic hydroxyl groups is 2. The molecule has 0 rings (SSSR count). The molecule has 426 valence electrons. The highest BCUT2D eigenvalue weighted by atomic mass is 16.5. The number of aliphatic hydroxyl groups excluding tert-OH is 2. The molecule has 0 saturated heterocycles. The number of nitrogens with one attached hydrogen (secondary N) is 1. The highest BCUT2D eigenvalue weighted by molar-refractivity contribution is 5.76. The van der Waals surface area contributed by atoms with Crippen molar-refractivity contribution in [2.24, 2.45) is 0 Å². The molecule has 0 fully saturated rings. The van der Waals surface area contributed by atoms with Crippen molar-refractivity contribution in [3.05, 3.63) is 24.3 Å². The van der Waals surface area contributed by atoms with E-state index in [2.05, 4.69) is 43.5 Å². The maximum atomic E-state index is 12.5. The molecule has 2 atom stereocenters. The Morgan fingerprint density at radius 1 is 0.375 bits per heavy atom. The minimum absolute atomic E-state index is 0.00689. The lowest BCUT2D eigenvalue weighted by Crippen LogP contribution is -2.45. The Labute approximate surface area is 450 Å². The van der Waals surface area contributed by atoms with Crippen LogP contribution in [0.3, 0.4) is 0 Å². The third-order valence-corrected chi connectivity index (χ3v) is 15.2. The molecule has 0 heterocycles. The lowest BCUT2D eigenvalue weighted by atomic mass is 10.0. The van der Waals surface area contributed by atoms with Crippen molar-refractivity contribution in [3.63, 3.8) is 0 Å². The van der Waals surface area contributed by atoms with Crippen molar-refractivity contribution in [2.45, 2.75) is 373 Å². The molecule has 1 amide bonds. The van der Waals surface area contributed by atoms with Crippen LogP contribution in [0.2, 0.25) is 0 Å². The van der Waals surface area contributed by atoms with Crippen LogP contribution in [0.15, 0.2) is 24.3 Å². The number of ether oxygens (including phenoxy) is 1. The van der Waals surface area contributed by atoms with Crippen molar-refractivity contribution in [1.29, 1.82) is 0 Å². The predicted molar refractivity (Wildman–Crippen MR) is 315 cm³/mol. The first kappa shape index (κ1) is 70.3. The van der Waals surface area contributed by atoms with Crippen LogP contribution in [-0.2, 0) is 14.3 Å². The zero-order chi connectivity index (χ0) is 52.2. The number of unbranched alkanes of at least 4 members (excludes halogenated alkanes) is 46. The van der Waals surface area contributed by atoms with Crippen molar-refractivity contribution in [1.82, 2.24) is 5.32 Å². The highest BCUT2D eigenvalue weighted by Crippen LogP contribution is 2.18. The zero-order valence-electron chi connectivity index (χ0n) is 48.7. The SMILES string of the molecule is CCCCCC/C=C\CCCCCCCC(=O)OCCCCCCCCCCCCCC/C=C\CCCCCCCCCCCCCCC(=O)NC(CO)C(O)CCCCCCCCCCCCCCCC. The maximum absolute atomic E-state index is 12.5. The monoisotopic (exact) mass is 1010 g/mol. The van der Waals surface area contributed by atoms with E-state index in [9.17, 15) is 19.8 Å². The van der Waals surface area contributed by atoms with E-state index < -0.39 is 12.1 Å². The smallest absolute Gasteiger partial charge is 0.305 e. The Kier molecular flexibility index (Phi) is 60.5. The van der Waals surface area contributed by atoms with Gasteiger partial charge in [0.1, 0.15) is 0 Å². The molecule has 0 aliphatic rings. The van der Waals surface area contributed by atoms with Gasteiger partial charge >= 0.3 is 5.97 Å². The van der Waals surface area contributed by atoms with Crippen LogP contribution in [0, 0.1) is 0 Å². The van der Waals surface area contributed by atoms with Crippen LogP contribution in [0.5, 0.6) is 0 Å². The van der Waals surface area contributed by atoms with Gasteiger partial charge in [-0.1, -0.05) is 295 Å². The summed E-state index contributed by atoms with van der Waals surface area (Å²) in [7, 11) is 0. The van der Waals surface area contributed by atoms with Crippen LogP contribution in [0.25, 0.3) is 0 Å². The lowest BCUT2D eigenvalue weighted by Gasteiger charge is -2.22. The van der Waals surface area contributed by atoms with E-state index in [1.807, 2.05) is 0 Å². The molecule has 3 N–H and O–H groups in total. The summed E-state index contributed by atoms with van der Waals surface area (Å²) < 4.78 is 5.48. The number of rotatable bonds is 61. The first-order valence-electron chi connectivity index (χ1n) is 32.6. The molecule has 0 aromatic heterocycles. The fourth-order valence-electron chi connectivity index (χ4n) is 10.2. The van der Waals surface area contributed by atoms with Crippen LogP contribution < -0.4 is 5.32 Å². The number of esters is 1. The molecular formula is C66H127NO5. The number of amides is 1. The molecule has 2 unspecified atom stereocenters. The van der Waals surface area contributed by atoms with Gasteiger partial charge in [-0.15, -0.1) is 0 Å². The topological polar surface area (TPSA) is 95.9 Å². The summed E-state index contributed by atoms with van der Waals surface area (Å²) in [4.78, 5) is 24.5. The number of allylic oxidation sites excluding steroid dienone is 4. The summed E-state index contributed by atoms with van der Waals surface area (Å²) in [5.41, 5.74) is 0. The van der Waals surface area contributed by atoms with Gasteiger partial charge in [-0.05, 0) is 77.0 Å². The molecule has 6 nitrogen and oxygen atoms in total. The normalized spacial score (nSPS) is 12.7. The van der Waals surface area contributed by atoms with Gasteiger partial charge in [-0.2, -0.15) is 0 Å². The maximum Gasteiger partial charge on any atom is 0.305 e. The van der Waals surface area contributed by atoms with E-state index in [1.165, 1.54) is 283 Å². The lowest BCUT2D eigenvalue weighted by molar-refractivity contribution is -0.143. The first-order chi connectivity index (χ1) is 35.5. The van der Waals surface area contributed by atoms with Crippen LogP contribution >= 0.6 is 0 Å². The largest absolute Gasteiger partial charge is 0.466 e. The van der Waals surface area contributed by atoms with E-state index in [1.54, 1.807) is 0 Å². The van der Waals surface area contributed by atoms with Gasteiger partial charge in [0.25, 0.3) is 0 Å². The standard InChI is InChI=1S/C66H127NO5/c1-3-5-7-9-11-13-15-17-35-38-42-46-50-54-58-64(69)63(62-68)67-65(70)59-55-51-47-43-39-36-32-30-28-26-24-22-20-18-19-21-23-25-27-29-31-33-37-41-45-49-53-57-61-72-66(71)60-56-52-48-44-40-34-16-14-12-10-8-6-4-2/h14,16,18-19,63-64,68-69H,3-13,15,17,20-62H2,1-2H3,(H,67,70)/b16-14-,19-18-. The summed E-state index contributed by atoms with van der Waals surface area (Å²) in [5.74, 6) is -0.0261. The molecule has 0 aromatic carbocycles. The summed E-state index contributed by atoms with van der Waals surface area (Å²) in [5, 5.41) is 23.3. The van der Waals surface area contributed by atoms with Gasteiger partial charge in [-0.3, -0.25) is 9.59 Å². The molecule has 0 aliphatic carbocycles. The van der Waals surface area contributed by atoms with E-state index in [4.69, 9.17) is 4.74 Å². The molecule has 72 heavy (non-hydrogen) atoms. The quantitative estimate of drug-likeness (QED) is 0.0320. The van der Waals surface area contributed by atoms with E-state index in [0.29, 0.717) is 25.9 Å². The Bertz CT molecular complexity index is 1120. The fourth-order valence-corrected chi connectivity index (χ4v) is 10.2. The average Bonchev–Trinajstić information content (AvgIpc) is 3.38. The first-order valence-corrected chi connectivity index (χ1v) is 32.6. The number of carbonyl (C=O) groups is 2. The molecular weight excluding hydrogens is 887 g/mol. The van der Waals surface area contributed by atoms with E-state index in [-0.39, 0.29) is 18.5 Å². The number of hydrogen-bond donors (Lipinski definition) is 3. The van der Waals surface area contributed by atoms with Gasteiger partial charge in [0.2, 0.25) is 5.91 Å². The van der Waals surface area contributed by atoms with Gasteiger partial charge in [0.15, 0.2) is 0 Å². The molecule has 0 spiro atoms. The minimum atomic E-state index is -0.663. The fraction of sp³-hybridized carbons (Fsp3) is 0.909. The third-order valence-electron chi connectivity index (χ3n) is 15.2. The van der Waals surface area contributed by atoms with Gasteiger partial charge < -0.3 is 20.3 Å². The summed E-state index contributed by atoms with van der Waals surface area (Å²) in [6.07, 6.45) is 76.3. The molecule has 0 radical (unpaired) electrons. The summed E-state index contributed by atoms with van der Waals surface area (Å²) in [6.45, 7) is 4.96. The Balaban J connectivity index is 3.37. The molecule has 0 bridgehead atoms. The van der Waals surface area contributed by atoms with Gasteiger partial charge in [0, 0.05) is 12.8 Å². The zero-order valence-corrected chi connectivity index (χ0v) is 48.7. The van der Waals surface area contributed by atoms with E-state index >= 15 is 0 Å². The Morgan fingerprint density at radius 2 is 0.653 bits per heavy atom. The molecule has 0 saturated carbocycles. The number of hydrogen-bond acceptors (Lipinski definition) is 5. The third kappa shape index (κ3) is 57.6. The summed E-state index contributed by atoms with van der Waals surface area (Å²) >= 11 is 0. The van der Waals surface area contributed by atoms with Crippen molar-refractivity contribution >= 4 is 11.9 Å². The highest BCUT2D eigenvalue weighted by Gasteiger charge is 2.20. The van der Waals surface area contributed by atoms with Crippen molar-refractivity contribution in [2.75, 3.05) is 13.2 Å². The molecule has 0 aliphatic heterocycles. The van der Waals surface area contributed by atoms with Crippen LogP contribution in [0.1, 0.15) is 361 Å². The van der Waals surface area contributed by atoms with Crippen molar-refractivity contribution < 1.29 is 24.5 Å². The Hall–Kier alpha value is -1.66. The second-order valence-electron chi connectivity index (χ2n) is 22.4. The van der Waals surface area contributed by atoms with Crippen molar-refractivity contribution in [3.8, 4) is 0 Å². The van der Waals surface area contributed by atoms with E-state index in [0.717, 1.165) is 44.9 Å². The summed E-state index contributed by atoms with van der Waals surface area (Å²) in [6, 6.07) is -0.540. The van der Waals surface area contributed by atoms with Crippen LogP contribution in [0.4, 0.5) is 0 Å². The molecule has 6 heteroatoms.